The predicted molar refractivity (Wildman–Crippen MR) is 87.8 cm³/mol. The zero-order valence-electron chi connectivity index (χ0n) is 14.0. The molecule has 0 aromatic carbocycles. The quantitative estimate of drug-likeness (QED) is 0.746. The molecule has 2 rings (SSSR count). The topological polar surface area (TPSA) is 6.48 Å². The lowest BCUT2D eigenvalue weighted by Gasteiger charge is -2.37. The Labute approximate surface area is 126 Å². The number of rotatable bonds is 5. The highest BCUT2D eigenvalue weighted by Crippen LogP contribution is 2.29. The summed E-state index contributed by atoms with van der Waals surface area (Å²) in [4.78, 5) is 5.20. The summed E-state index contributed by atoms with van der Waals surface area (Å²) < 4.78 is 0. The molecule has 0 spiro atoms. The molecule has 20 heavy (non-hydrogen) atoms. The van der Waals surface area contributed by atoms with Gasteiger partial charge in [-0.25, -0.2) is 0 Å². The minimum Gasteiger partial charge on any atom is -0.375 e. The Morgan fingerprint density at radius 1 is 1.05 bits per heavy atom. The fraction of sp³-hybridized carbons (Fsp3) is 0.889. The van der Waals surface area contributed by atoms with Crippen molar-refractivity contribution >= 4 is 0 Å². The van der Waals surface area contributed by atoms with Crippen molar-refractivity contribution in [1.82, 2.24) is 9.80 Å². The van der Waals surface area contributed by atoms with Gasteiger partial charge in [-0.2, -0.15) is 0 Å². The number of piperidine rings is 1. The van der Waals surface area contributed by atoms with E-state index in [0.29, 0.717) is 5.41 Å². The maximum atomic E-state index is 4.32. The Bertz CT molecular complexity index is 302. The second kappa shape index (κ2) is 6.98. The van der Waals surface area contributed by atoms with Crippen LogP contribution in [0.3, 0.4) is 0 Å². The fourth-order valence-electron chi connectivity index (χ4n) is 3.63. The van der Waals surface area contributed by atoms with E-state index >= 15 is 0 Å². The van der Waals surface area contributed by atoms with Gasteiger partial charge in [-0.05, 0) is 69.5 Å². The van der Waals surface area contributed by atoms with E-state index in [9.17, 15) is 0 Å². The normalized spacial score (nSPS) is 22.4. The van der Waals surface area contributed by atoms with E-state index in [2.05, 4.69) is 37.1 Å². The first kappa shape index (κ1) is 15.9. The summed E-state index contributed by atoms with van der Waals surface area (Å²) in [5.74, 6) is 0.953. The van der Waals surface area contributed by atoms with Gasteiger partial charge in [0.1, 0.15) is 0 Å². The maximum Gasteiger partial charge on any atom is 0.0177 e. The molecule has 0 aromatic heterocycles. The molecule has 0 unspecified atom stereocenters. The standard InChI is InChI=1S/C18H34N2/c1-16(15-18(2,3)4)20-13-8-17(9-14-20)7-12-19-10-5-6-11-19/h17H,1,5-15H2,2-4H3. The molecule has 0 saturated carbocycles. The molecule has 0 bridgehead atoms. The molecule has 2 nitrogen and oxygen atoms in total. The van der Waals surface area contributed by atoms with Crippen molar-refractivity contribution in [2.75, 3.05) is 32.7 Å². The summed E-state index contributed by atoms with van der Waals surface area (Å²) in [6.45, 7) is 17.7. The smallest absolute Gasteiger partial charge is 0.0177 e. The van der Waals surface area contributed by atoms with Gasteiger partial charge in [-0.1, -0.05) is 27.4 Å². The Morgan fingerprint density at radius 3 is 2.20 bits per heavy atom. The summed E-state index contributed by atoms with van der Waals surface area (Å²) in [5, 5.41) is 0. The highest BCUT2D eigenvalue weighted by molar-refractivity contribution is 4.98. The number of likely N-dealkylation sites (tertiary alicyclic amines) is 2. The van der Waals surface area contributed by atoms with Crippen LogP contribution in [0.25, 0.3) is 0 Å². The van der Waals surface area contributed by atoms with Crippen molar-refractivity contribution in [3.8, 4) is 0 Å². The summed E-state index contributed by atoms with van der Waals surface area (Å²) in [7, 11) is 0. The van der Waals surface area contributed by atoms with Gasteiger partial charge in [0, 0.05) is 18.8 Å². The molecular weight excluding hydrogens is 244 g/mol. The highest BCUT2D eigenvalue weighted by Gasteiger charge is 2.23. The van der Waals surface area contributed by atoms with Crippen LogP contribution in [0.1, 0.15) is 59.3 Å². The first-order valence-electron chi connectivity index (χ1n) is 8.59. The van der Waals surface area contributed by atoms with Crippen LogP contribution in [0.15, 0.2) is 12.3 Å². The number of allylic oxidation sites excluding steroid dienone is 1. The van der Waals surface area contributed by atoms with Crippen LogP contribution in [0, 0.1) is 11.3 Å². The lowest BCUT2D eigenvalue weighted by atomic mass is 9.88. The van der Waals surface area contributed by atoms with Crippen LogP contribution >= 0.6 is 0 Å². The van der Waals surface area contributed by atoms with Gasteiger partial charge in [-0.15, -0.1) is 0 Å². The van der Waals surface area contributed by atoms with Gasteiger partial charge in [0.15, 0.2) is 0 Å². The second-order valence-electron chi connectivity index (χ2n) is 8.07. The van der Waals surface area contributed by atoms with E-state index in [1.54, 1.807) is 0 Å². The molecule has 2 fully saturated rings. The Kier molecular flexibility index (Phi) is 5.54. The molecule has 0 N–H and O–H groups in total. The molecule has 0 amide bonds. The van der Waals surface area contributed by atoms with Gasteiger partial charge in [-0.3, -0.25) is 0 Å². The molecule has 2 saturated heterocycles. The lowest BCUT2D eigenvalue weighted by Crippen LogP contribution is -2.35. The average Bonchev–Trinajstić information content (AvgIpc) is 2.88. The summed E-state index contributed by atoms with van der Waals surface area (Å²) in [5.41, 5.74) is 1.72. The van der Waals surface area contributed by atoms with Crippen LogP contribution in [-0.2, 0) is 0 Å². The van der Waals surface area contributed by atoms with Crippen molar-refractivity contribution in [3.05, 3.63) is 12.3 Å². The molecule has 2 aliphatic rings. The van der Waals surface area contributed by atoms with Gasteiger partial charge in [0.2, 0.25) is 0 Å². The van der Waals surface area contributed by atoms with Crippen LogP contribution in [-0.4, -0.2) is 42.5 Å². The molecule has 2 heterocycles. The summed E-state index contributed by atoms with van der Waals surface area (Å²) in [6, 6.07) is 0. The van der Waals surface area contributed by atoms with Crippen LogP contribution < -0.4 is 0 Å². The molecule has 116 valence electrons. The second-order valence-corrected chi connectivity index (χ2v) is 8.07. The third-order valence-electron chi connectivity index (χ3n) is 4.85. The largest absolute Gasteiger partial charge is 0.375 e. The predicted octanol–water partition coefficient (Wildman–Crippen LogP) is 4.13. The van der Waals surface area contributed by atoms with Crippen molar-refractivity contribution in [1.29, 1.82) is 0 Å². The SMILES string of the molecule is C=C(CC(C)(C)C)N1CCC(CCN2CCCC2)CC1. The summed E-state index contributed by atoms with van der Waals surface area (Å²) >= 11 is 0. The summed E-state index contributed by atoms with van der Waals surface area (Å²) in [6.07, 6.45) is 8.13. The number of hydrogen-bond acceptors (Lipinski definition) is 2. The van der Waals surface area contributed by atoms with E-state index < -0.39 is 0 Å². The van der Waals surface area contributed by atoms with E-state index in [1.165, 1.54) is 70.5 Å². The Hall–Kier alpha value is -0.500. The molecule has 0 atom stereocenters. The van der Waals surface area contributed by atoms with Crippen LogP contribution in [0.2, 0.25) is 0 Å². The highest BCUT2D eigenvalue weighted by atomic mass is 15.1. The first-order valence-corrected chi connectivity index (χ1v) is 8.59. The van der Waals surface area contributed by atoms with Crippen LogP contribution in [0.4, 0.5) is 0 Å². The zero-order chi connectivity index (χ0) is 14.6. The van der Waals surface area contributed by atoms with E-state index in [0.717, 1.165) is 12.3 Å². The monoisotopic (exact) mass is 278 g/mol. The third-order valence-corrected chi connectivity index (χ3v) is 4.85. The Morgan fingerprint density at radius 2 is 1.65 bits per heavy atom. The van der Waals surface area contributed by atoms with Crippen molar-refractivity contribution in [2.24, 2.45) is 11.3 Å². The molecule has 0 aromatic rings. The minimum absolute atomic E-state index is 0.365. The Balaban J connectivity index is 1.65. The van der Waals surface area contributed by atoms with Crippen molar-refractivity contribution in [2.45, 2.75) is 59.3 Å². The molecule has 2 aliphatic heterocycles. The van der Waals surface area contributed by atoms with E-state index in [1.807, 2.05) is 0 Å². The van der Waals surface area contributed by atoms with Gasteiger partial charge >= 0.3 is 0 Å². The first-order chi connectivity index (χ1) is 9.44. The van der Waals surface area contributed by atoms with E-state index in [4.69, 9.17) is 0 Å². The molecule has 0 radical (unpaired) electrons. The maximum absolute atomic E-state index is 4.32. The number of hydrogen-bond donors (Lipinski definition) is 0. The number of nitrogens with zero attached hydrogens (tertiary/aromatic N) is 2. The zero-order valence-corrected chi connectivity index (χ0v) is 14.0. The average molecular weight is 278 g/mol. The van der Waals surface area contributed by atoms with Gasteiger partial charge in [0.05, 0.1) is 0 Å². The van der Waals surface area contributed by atoms with Crippen molar-refractivity contribution in [3.63, 3.8) is 0 Å². The molecule has 2 heteroatoms. The van der Waals surface area contributed by atoms with Crippen molar-refractivity contribution < 1.29 is 0 Å². The minimum atomic E-state index is 0.365. The lowest BCUT2D eigenvalue weighted by molar-refractivity contribution is 0.188. The molecular formula is C18H34N2. The third kappa shape index (κ3) is 5.12. The van der Waals surface area contributed by atoms with Gasteiger partial charge < -0.3 is 9.80 Å². The molecule has 0 aliphatic carbocycles. The van der Waals surface area contributed by atoms with Gasteiger partial charge in [0.25, 0.3) is 0 Å². The van der Waals surface area contributed by atoms with E-state index in [-0.39, 0.29) is 0 Å². The van der Waals surface area contributed by atoms with Crippen LogP contribution in [0.5, 0.6) is 0 Å². The fourth-order valence-corrected chi connectivity index (χ4v) is 3.63.